The molecule has 3 heterocycles. The Morgan fingerprint density at radius 1 is 1.19 bits per heavy atom. The molecule has 186 valence electrons. The van der Waals surface area contributed by atoms with E-state index in [-0.39, 0.29) is 34.8 Å². The molecule has 2 N–H and O–H groups in total. The van der Waals surface area contributed by atoms with Crippen molar-refractivity contribution in [1.29, 1.82) is 5.26 Å². The van der Waals surface area contributed by atoms with Crippen LogP contribution in [0.15, 0.2) is 66.5 Å². The molecule has 2 aromatic carbocycles. The number of amides is 1. The zero-order valence-electron chi connectivity index (χ0n) is 20.3. The van der Waals surface area contributed by atoms with E-state index in [1.165, 1.54) is 12.4 Å². The number of hydrogen-bond acceptors (Lipinski definition) is 7. The number of halogens is 1. The molecule has 0 radical (unpaired) electrons. The van der Waals surface area contributed by atoms with Crippen molar-refractivity contribution in [1.82, 2.24) is 24.6 Å². The summed E-state index contributed by atoms with van der Waals surface area (Å²) in [5, 5.41) is 14.5. The molecule has 0 aliphatic carbocycles. The van der Waals surface area contributed by atoms with Gasteiger partial charge in [0.15, 0.2) is 5.65 Å². The first kappa shape index (κ1) is 23.9. The number of carbonyl (C=O) groups excluding carboxylic acids is 1. The minimum atomic E-state index is -0.536. The molecule has 10 heteroatoms. The van der Waals surface area contributed by atoms with Crippen LogP contribution in [0.25, 0.3) is 22.3 Å². The molecule has 0 unspecified atom stereocenters. The van der Waals surface area contributed by atoms with E-state index < -0.39 is 5.82 Å². The fourth-order valence-electron chi connectivity index (χ4n) is 4.25. The Hall–Kier alpha value is -4.78. The quantitative estimate of drug-likeness (QED) is 0.307. The normalized spacial score (nSPS) is 14.0. The smallest absolute Gasteiger partial charge is 0.264 e. The Kier molecular flexibility index (Phi) is 6.27. The summed E-state index contributed by atoms with van der Waals surface area (Å²) in [5.74, 6) is 0.330. The SMILES string of the molecule is CC(C)/C=C(/C#N)C(=O)N1CC(n2nc(-c3ccc(Oc4ccccc4)cc3F)c3c(N)ncnc32)C1. The van der Waals surface area contributed by atoms with Crippen LogP contribution in [0.2, 0.25) is 0 Å². The minimum Gasteiger partial charge on any atom is -0.457 e. The largest absolute Gasteiger partial charge is 0.457 e. The van der Waals surface area contributed by atoms with Gasteiger partial charge in [-0.15, -0.1) is 0 Å². The van der Waals surface area contributed by atoms with E-state index in [1.807, 2.05) is 38.1 Å². The number of rotatable bonds is 6. The van der Waals surface area contributed by atoms with Gasteiger partial charge in [-0.1, -0.05) is 38.1 Å². The molecule has 0 spiro atoms. The van der Waals surface area contributed by atoms with Crippen molar-refractivity contribution in [2.45, 2.75) is 19.9 Å². The van der Waals surface area contributed by atoms with Crippen LogP contribution in [0.1, 0.15) is 19.9 Å². The lowest BCUT2D eigenvalue weighted by Gasteiger charge is -2.39. The van der Waals surface area contributed by atoms with Crippen LogP contribution in [0.5, 0.6) is 11.5 Å². The second kappa shape index (κ2) is 9.70. The number of aromatic nitrogens is 4. The van der Waals surface area contributed by atoms with Crippen molar-refractivity contribution in [3.8, 4) is 28.8 Å². The van der Waals surface area contributed by atoms with Crippen LogP contribution < -0.4 is 10.5 Å². The predicted octanol–water partition coefficient (Wildman–Crippen LogP) is 4.50. The minimum absolute atomic E-state index is 0.0762. The predicted molar refractivity (Wildman–Crippen MR) is 136 cm³/mol. The lowest BCUT2D eigenvalue weighted by molar-refractivity contribution is -0.132. The van der Waals surface area contributed by atoms with Crippen molar-refractivity contribution >= 4 is 22.8 Å². The highest BCUT2D eigenvalue weighted by atomic mass is 19.1. The first-order valence-corrected chi connectivity index (χ1v) is 11.8. The summed E-state index contributed by atoms with van der Waals surface area (Å²) in [6.07, 6.45) is 2.98. The van der Waals surface area contributed by atoms with E-state index >= 15 is 4.39 Å². The number of carbonyl (C=O) groups is 1. The fraction of sp³-hybridized carbons (Fsp3) is 0.222. The number of allylic oxidation sites excluding steroid dienone is 1. The molecule has 1 amide bonds. The van der Waals surface area contributed by atoms with Crippen LogP contribution in [-0.4, -0.2) is 43.6 Å². The van der Waals surface area contributed by atoms with Gasteiger partial charge in [-0.25, -0.2) is 19.0 Å². The lowest BCUT2D eigenvalue weighted by Crippen LogP contribution is -2.51. The van der Waals surface area contributed by atoms with Gasteiger partial charge < -0.3 is 15.4 Å². The number of nitrogens with zero attached hydrogens (tertiary/aromatic N) is 6. The summed E-state index contributed by atoms with van der Waals surface area (Å²) in [5.41, 5.74) is 7.26. The van der Waals surface area contributed by atoms with Crippen molar-refractivity contribution in [2.75, 3.05) is 18.8 Å². The highest BCUT2D eigenvalue weighted by Crippen LogP contribution is 2.36. The highest BCUT2D eigenvalue weighted by Gasteiger charge is 2.36. The summed E-state index contributed by atoms with van der Waals surface area (Å²) < 4.78 is 22.7. The maximum Gasteiger partial charge on any atom is 0.264 e. The third-order valence-corrected chi connectivity index (χ3v) is 6.04. The highest BCUT2D eigenvalue weighted by molar-refractivity contribution is 5.99. The summed E-state index contributed by atoms with van der Waals surface area (Å²) in [4.78, 5) is 22.7. The second-order valence-electron chi connectivity index (χ2n) is 9.11. The number of nitrogen functional groups attached to an aromatic ring is 1. The standard InChI is InChI=1S/C27H24FN7O2/c1-16(2)10-17(12-29)27(36)34-13-18(14-34)35-26-23(25(30)31-15-32-26)24(33-35)21-9-8-20(11-22(21)28)37-19-6-4-3-5-7-19/h3-11,15-16,18H,13-14H2,1-2H3,(H2,30,31,32)/b17-10-. The first-order valence-electron chi connectivity index (χ1n) is 11.8. The van der Waals surface area contributed by atoms with Gasteiger partial charge in [0.05, 0.1) is 11.4 Å². The van der Waals surface area contributed by atoms with Crippen LogP contribution in [0.3, 0.4) is 0 Å². The number of para-hydroxylation sites is 1. The number of anilines is 1. The molecule has 4 aromatic rings. The van der Waals surface area contributed by atoms with Crippen molar-refractivity contribution in [2.24, 2.45) is 5.92 Å². The number of ether oxygens (including phenoxy) is 1. The number of likely N-dealkylation sites (tertiary alicyclic amines) is 1. The molecule has 37 heavy (non-hydrogen) atoms. The third kappa shape index (κ3) is 4.59. The first-order chi connectivity index (χ1) is 17.9. The van der Waals surface area contributed by atoms with Gasteiger partial charge in [-0.3, -0.25) is 4.79 Å². The van der Waals surface area contributed by atoms with Crippen molar-refractivity contribution in [3.63, 3.8) is 0 Å². The van der Waals surface area contributed by atoms with Gasteiger partial charge in [-0.2, -0.15) is 10.4 Å². The lowest BCUT2D eigenvalue weighted by atomic mass is 10.0. The molecular formula is C27H24FN7O2. The molecule has 5 rings (SSSR count). The summed E-state index contributed by atoms with van der Waals surface area (Å²) in [6, 6.07) is 15.4. The number of fused-ring (bicyclic) bond motifs is 1. The van der Waals surface area contributed by atoms with E-state index in [9.17, 15) is 10.1 Å². The zero-order valence-corrected chi connectivity index (χ0v) is 20.3. The number of nitrogens with two attached hydrogens (primary N) is 1. The molecule has 1 saturated heterocycles. The molecule has 0 bridgehead atoms. The number of hydrogen-bond donors (Lipinski definition) is 1. The van der Waals surface area contributed by atoms with E-state index in [0.717, 1.165) is 0 Å². The average molecular weight is 498 g/mol. The van der Waals surface area contributed by atoms with E-state index in [2.05, 4.69) is 15.1 Å². The summed E-state index contributed by atoms with van der Waals surface area (Å²) in [7, 11) is 0. The zero-order chi connectivity index (χ0) is 26.1. The molecule has 9 nitrogen and oxygen atoms in total. The maximum atomic E-state index is 15.3. The fourth-order valence-corrected chi connectivity index (χ4v) is 4.25. The second-order valence-corrected chi connectivity index (χ2v) is 9.11. The van der Waals surface area contributed by atoms with Crippen molar-refractivity contribution < 1.29 is 13.9 Å². The van der Waals surface area contributed by atoms with Gasteiger partial charge in [0.1, 0.15) is 46.8 Å². The average Bonchev–Trinajstić information content (AvgIpc) is 3.22. The topological polar surface area (TPSA) is 123 Å². The summed E-state index contributed by atoms with van der Waals surface area (Å²) >= 11 is 0. The molecule has 2 aromatic heterocycles. The van der Waals surface area contributed by atoms with Gasteiger partial charge in [0, 0.05) is 24.7 Å². The van der Waals surface area contributed by atoms with Gasteiger partial charge >= 0.3 is 0 Å². The molecule has 1 aliphatic heterocycles. The molecule has 0 saturated carbocycles. The van der Waals surface area contributed by atoms with E-state index in [4.69, 9.17) is 10.5 Å². The Bertz CT molecular complexity index is 1550. The van der Waals surface area contributed by atoms with Crippen LogP contribution in [0.4, 0.5) is 10.2 Å². The third-order valence-electron chi connectivity index (χ3n) is 6.04. The maximum absolute atomic E-state index is 15.3. The Labute approximate surface area is 212 Å². The van der Waals surface area contributed by atoms with Gasteiger partial charge in [0.25, 0.3) is 5.91 Å². The van der Waals surface area contributed by atoms with Gasteiger partial charge in [0.2, 0.25) is 0 Å². The number of benzene rings is 2. The molecule has 1 aliphatic rings. The molecule has 0 atom stereocenters. The monoisotopic (exact) mass is 497 g/mol. The van der Waals surface area contributed by atoms with Crippen LogP contribution in [-0.2, 0) is 4.79 Å². The Morgan fingerprint density at radius 3 is 2.62 bits per heavy atom. The Morgan fingerprint density at radius 2 is 1.95 bits per heavy atom. The Balaban J connectivity index is 1.45. The molecular weight excluding hydrogens is 473 g/mol. The van der Waals surface area contributed by atoms with Gasteiger partial charge in [-0.05, 0) is 30.2 Å². The van der Waals surface area contributed by atoms with E-state index in [1.54, 1.807) is 39.9 Å². The molecule has 1 fully saturated rings. The van der Waals surface area contributed by atoms with Crippen molar-refractivity contribution in [3.05, 3.63) is 72.3 Å². The van der Waals surface area contributed by atoms with E-state index in [0.29, 0.717) is 41.3 Å². The van der Waals surface area contributed by atoms with Crippen LogP contribution >= 0.6 is 0 Å². The number of nitriles is 1. The summed E-state index contributed by atoms with van der Waals surface area (Å²) in [6.45, 7) is 4.49. The van der Waals surface area contributed by atoms with Crippen LogP contribution in [0, 0.1) is 23.1 Å².